The molecule has 0 aliphatic carbocycles. The lowest BCUT2D eigenvalue weighted by Gasteiger charge is -2.06. The van der Waals surface area contributed by atoms with Crippen LogP contribution in [0.3, 0.4) is 0 Å². The fraction of sp³-hybridized carbons (Fsp3) is 0.182. The fourth-order valence-corrected chi connectivity index (χ4v) is 3.11. The number of anilines is 1. The van der Waals surface area contributed by atoms with Gasteiger partial charge in [-0.1, -0.05) is 22.9 Å². The van der Waals surface area contributed by atoms with Gasteiger partial charge in [-0.05, 0) is 19.1 Å². The molecular formula is C11H11N3O5S. The number of oxime groups is 1. The van der Waals surface area contributed by atoms with Gasteiger partial charge in [-0.2, -0.15) is 0 Å². The molecule has 0 saturated carbocycles. The zero-order chi connectivity index (χ0) is 14.9. The molecule has 8 nitrogen and oxygen atoms in total. The molecule has 0 amide bonds. The lowest BCUT2D eigenvalue weighted by Crippen LogP contribution is -2.16. The van der Waals surface area contributed by atoms with E-state index in [1.807, 2.05) is 6.92 Å². The Morgan fingerprint density at radius 1 is 1.35 bits per heavy atom. The van der Waals surface area contributed by atoms with Crippen LogP contribution in [0.15, 0.2) is 40.8 Å². The largest absolute Gasteiger partial charge is 0.410 e. The molecule has 0 fully saturated rings. The molecule has 0 unspecified atom stereocenters. The van der Waals surface area contributed by atoms with E-state index < -0.39 is 31.3 Å². The van der Waals surface area contributed by atoms with Crippen molar-refractivity contribution in [1.29, 1.82) is 0 Å². The predicted octanol–water partition coefficient (Wildman–Crippen LogP) is 1.11. The van der Waals surface area contributed by atoms with Crippen molar-refractivity contribution >= 4 is 20.6 Å². The van der Waals surface area contributed by atoms with E-state index in [0.717, 1.165) is 5.56 Å². The van der Waals surface area contributed by atoms with Crippen molar-refractivity contribution in [2.75, 3.05) is 11.1 Å². The molecule has 0 spiro atoms. The molecule has 0 aromatic heterocycles. The Morgan fingerprint density at radius 3 is 2.45 bits per heavy atom. The van der Waals surface area contributed by atoms with E-state index in [9.17, 15) is 18.5 Å². The average Bonchev–Trinajstić information content (AvgIpc) is 2.63. The molecule has 1 heterocycles. The summed E-state index contributed by atoms with van der Waals surface area (Å²) in [7, 11) is -3.99. The summed E-state index contributed by atoms with van der Waals surface area (Å²) in [6.45, 7) is 1.87. The van der Waals surface area contributed by atoms with Crippen molar-refractivity contribution in [1.82, 2.24) is 0 Å². The van der Waals surface area contributed by atoms with Crippen LogP contribution in [0.4, 0.5) is 5.69 Å². The van der Waals surface area contributed by atoms with Gasteiger partial charge in [0.2, 0.25) is 14.9 Å². The second-order valence-corrected chi connectivity index (χ2v) is 6.14. The standard InChI is InChI=1S/C11H11N3O5S/c1-7-2-4-8(5-3-7)12-10-9(14(16)17)6-20(18,19)11(10)13-15/h2-5,12,15H,6H2,1H3/b13-11+. The highest BCUT2D eigenvalue weighted by atomic mass is 32.2. The summed E-state index contributed by atoms with van der Waals surface area (Å²) in [6.07, 6.45) is 0. The van der Waals surface area contributed by atoms with E-state index in [0.29, 0.717) is 5.69 Å². The van der Waals surface area contributed by atoms with Gasteiger partial charge in [0.1, 0.15) is 5.75 Å². The van der Waals surface area contributed by atoms with E-state index in [2.05, 4.69) is 10.5 Å². The summed E-state index contributed by atoms with van der Waals surface area (Å²) in [5.74, 6) is -0.798. The van der Waals surface area contributed by atoms with Crippen LogP contribution >= 0.6 is 0 Å². The van der Waals surface area contributed by atoms with Crippen LogP contribution < -0.4 is 5.32 Å². The van der Waals surface area contributed by atoms with E-state index in [1.54, 1.807) is 24.3 Å². The number of sulfone groups is 1. The van der Waals surface area contributed by atoms with Gasteiger partial charge >= 0.3 is 0 Å². The molecule has 0 bridgehead atoms. The van der Waals surface area contributed by atoms with Crippen molar-refractivity contribution in [3.63, 3.8) is 0 Å². The molecule has 1 aromatic rings. The lowest BCUT2D eigenvalue weighted by molar-refractivity contribution is -0.423. The molecular weight excluding hydrogens is 286 g/mol. The normalized spacial score (nSPS) is 19.4. The smallest absolute Gasteiger partial charge is 0.287 e. The SMILES string of the molecule is Cc1ccc(NC2=C([N+](=O)[O-])CS(=O)(=O)/C2=N/O)cc1. The van der Waals surface area contributed by atoms with Crippen molar-refractivity contribution in [3.8, 4) is 0 Å². The number of aryl methyl sites for hydroxylation is 1. The van der Waals surface area contributed by atoms with E-state index in [4.69, 9.17) is 5.21 Å². The number of benzene rings is 1. The number of hydrogen-bond acceptors (Lipinski definition) is 7. The second kappa shape index (κ2) is 4.93. The van der Waals surface area contributed by atoms with Crippen molar-refractivity contribution in [2.24, 2.45) is 5.16 Å². The van der Waals surface area contributed by atoms with Crippen LogP contribution in [-0.4, -0.2) is 29.3 Å². The third-order valence-corrected chi connectivity index (χ3v) is 4.28. The number of nitrogens with zero attached hydrogens (tertiary/aromatic N) is 2. The topological polar surface area (TPSA) is 122 Å². The highest BCUT2D eigenvalue weighted by Gasteiger charge is 2.43. The zero-order valence-electron chi connectivity index (χ0n) is 10.4. The maximum Gasteiger partial charge on any atom is 0.287 e. The Balaban J connectivity index is 2.47. The van der Waals surface area contributed by atoms with Crippen LogP contribution in [-0.2, 0) is 9.84 Å². The third-order valence-electron chi connectivity index (χ3n) is 2.76. The van der Waals surface area contributed by atoms with E-state index >= 15 is 0 Å². The Bertz CT molecular complexity index is 719. The Hall–Kier alpha value is -2.42. The van der Waals surface area contributed by atoms with Gasteiger partial charge in [0, 0.05) is 5.69 Å². The minimum atomic E-state index is -3.99. The van der Waals surface area contributed by atoms with Gasteiger partial charge in [-0.15, -0.1) is 0 Å². The first-order chi connectivity index (χ1) is 9.35. The summed E-state index contributed by atoms with van der Waals surface area (Å²) < 4.78 is 23.4. The average molecular weight is 297 g/mol. The van der Waals surface area contributed by atoms with Gasteiger partial charge < -0.3 is 10.5 Å². The quantitative estimate of drug-likeness (QED) is 0.489. The van der Waals surface area contributed by atoms with E-state index in [-0.39, 0.29) is 5.70 Å². The van der Waals surface area contributed by atoms with Crippen LogP contribution in [0.2, 0.25) is 0 Å². The molecule has 2 N–H and O–H groups in total. The molecule has 1 aliphatic heterocycles. The highest BCUT2D eigenvalue weighted by Crippen LogP contribution is 2.25. The third kappa shape index (κ3) is 2.48. The maximum atomic E-state index is 11.7. The molecule has 0 saturated heterocycles. The van der Waals surface area contributed by atoms with Gasteiger partial charge in [-0.3, -0.25) is 10.1 Å². The molecule has 9 heteroatoms. The molecule has 0 atom stereocenters. The maximum absolute atomic E-state index is 11.7. The molecule has 20 heavy (non-hydrogen) atoms. The molecule has 2 rings (SSSR count). The first-order valence-electron chi connectivity index (χ1n) is 5.51. The molecule has 106 valence electrons. The number of nitro groups is 1. The highest BCUT2D eigenvalue weighted by molar-refractivity contribution is 8.07. The van der Waals surface area contributed by atoms with Crippen molar-refractivity contribution in [2.45, 2.75) is 6.92 Å². The van der Waals surface area contributed by atoms with Crippen molar-refractivity contribution in [3.05, 3.63) is 51.3 Å². The van der Waals surface area contributed by atoms with E-state index in [1.165, 1.54) is 0 Å². The second-order valence-electron chi connectivity index (χ2n) is 4.23. The number of rotatable bonds is 3. The first kappa shape index (κ1) is 14.0. The molecule has 1 aliphatic rings. The van der Waals surface area contributed by atoms with Crippen molar-refractivity contribution < 1.29 is 18.5 Å². The van der Waals surface area contributed by atoms with Crippen LogP contribution in [0, 0.1) is 17.0 Å². The summed E-state index contributed by atoms with van der Waals surface area (Å²) in [5, 5.41) is 24.3. The zero-order valence-corrected chi connectivity index (χ0v) is 11.2. The van der Waals surface area contributed by atoms with Crippen LogP contribution in [0.1, 0.15) is 5.56 Å². The first-order valence-corrected chi connectivity index (χ1v) is 7.17. The minimum Gasteiger partial charge on any atom is -0.410 e. The predicted molar refractivity (Wildman–Crippen MR) is 71.8 cm³/mol. The fourth-order valence-electron chi connectivity index (χ4n) is 1.76. The van der Waals surface area contributed by atoms with Gasteiger partial charge in [0.15, 0.2) is 5.70 Å². The van der Waals surface area contributed by atoms with Crippen LogP contribution in [0.25, 0.3) is 0 Å². The monoisotopic (exact) mass is 297 g/mol. The summed E-state index contributed by atoms with van der Waals surface area (Å²) in [5.41, 5.74) is 0.594. The Kier molecular flexibility index (Phi) is 3.45. The number of nitrogens with one attached hydrogen (secondary N) is 1. The number of hydrogen-bond donors (Lipinski definition) is 2. The lowest BCUT2D eigenvalue weighted by atomic mass is 10.2. The summed E-state index contributed by atoms with van der Waals surface area (Å²) >= 11 is 0. The van der Waals surface area contributed by atoms with Gasteiger partial charge in [-0.25, -0.2) is 8.42 Å². The summed E-state index contributed by atoms with van der Waals surface area (Å²) in [4.78, 5) is 10.1. The van der Waals surface area contributed by atoms with Gasteiger partial charge in [0.05, 0.1) is 4.92 Å². The Morgan fingerprint density at radius 2 is 1.95 bits per heavy atom. The Labute approximate surface area is 114 Å². The van der Waals surface area contributed by atoms with Crippen LogP contribution in [0.5, 0.6) is 0 Å². The molecule has 0 radical (unpaired) electrons. The van der Waals surface area contributed by atoms with Gasteiger partial charge in [0.25, 0.3) is 5.70 Å². The molecule has 1 aromatic carbocycles. The minimum absolute atomic E-state index is 0.304. The summed E-state index contributed by atoms with van der Waals surface area (Å²) in [6, 6.07) is 6.79.